The summed E-state index contributed by atoms with van der Waals surface area (Å²) in [5.41, 5.74) is 0.772. The van der Waals surface area contributed by atoms with Gasteiger partial charge in [0.05, 0.1) is 17.0 Å². The van der Waals surface area contributed by atoms with Gasteiger partial charge < -0.3 is 10.6 Å². The molecule has 1 amide bonds. The molecular weight excluding hydrogens is 302 g/mol. The van der Waals surface area contributed by atoms with Crippen LogP contribution >= 0.6 is 0 Å². The van der Waals surface area contributed by atoms with E-state index >= 15 is 0 Å². The van der Waals surface area contributed by atoms with Crippen LogP contribution in [0, 0.1) is 0 Å². The number of hydrogen-bond donors (Lipinski definition) is 2. The second-order valence-corrected chi connectivity index (χ2v) is 7.89. The first kappa shape index (κ1) is 16.9. The van der Waals surface area contributed by atoms with E-state index in [1.54, 1.807) is 18.2 Å². The van der Waals surface area contributed by atoms with Gasteiger partial charge in [0.2, 0.25) is 15.9 Å². The van der Waals surface area contributed by atoms with Gasteiger partial charge in [-0.2, -0.15) is 0 Å². The van der Waals surface area contributed by atoms with E-state index < -0.39 is 10.0 Å². The first-order valence-electron chi connectivity index (χ1n) is 7.38. The second-order valence-electron chi connectivity index (χ2n) is 5.74. The van der Waals surface area contributed by atoms with Crippen molar-refractivity contribution in [2.75, 3.05) is 20.6 Å². The summed E-state index contributed by atoms with van der Waals surface area (Å²) >= 11 is 0. The number of carbonyl (C=O) groups is 1. The molecule has 0 aromatic heterocycles. The molecule has 2 N–H and O–H groups in total. The third kappa shape index (κ3) is 3.66. The van der Waals surface area contributed by atoms with Gasteiger partial charge in [-0.05, 0) is 44.0 Å². The minimum absolute atomic E-state index is 0.0362. The predicted octanol–water partition coefficient (Wildman–Crippen LogP) is 0.866. The molecule has 0 spiro atoms. The maximum Gasteiger partial charge on any atom is 0.242 e. The lowest BCUT2D eigenvalue weighted by molar-refractivity contribution is -0.123. The normalized spacial score (nSPS) is 20.1. The van der Waals surface area contributed by atoms with Crippen LogP contribution in [0.25, 0.3) is 0 Å². The fourth-order valence-corrected chi connectivity index (χ4v) is 3.42. The van der Waals surface area contributed by atoms with Crippen molar-refractivity contribution in [1.29, 1.82) is 0 Å². The Hall–Kier alpha value is -1.44. The quantitative estimate of drug-likeness (QED) is 0.842. The van der Waals surface area contributed by atoms with Gasteiger partial charge >= 0.3 is 0 Å². The van der Waals surface area contributed by atoms with Gasteiger partial charge in [-0.25, -0.2) is 12.7 Å². The van der Waals surface area contributed by atoms with Gasteiger partial charge in [0.25, 0.3) is 0 Å². The molecule has 1 aliphatic rings. The Bertz CT molecular complexity index is 637. The Morgan fingerprint density at radius 3 is 2.73 bits per heavy atom. The molecule has 2 unspecified atom stereocenters. The van der Waals surface area contributed by atoms with Crippen LogP contribution in [0.2, 0.25) is 0 Å². The Balaban J connectivity index is 2.13. The number of nitrogens with one attached hydrogen (secondary N) is 2. The van der Waals surface area contributed by atoms with Crippen molar-refractivity contribution in [2.45, 2.75) is 36.7 Å². The molecule has 7 heteroatoms. The van der Waals surface area contributed by atoms with Crippen LogP contribution < -0.4 is 10.6 Å². The molecule has 0 saturated carbocycles. The van der Waals surface area contributed by atoms with Crippen LogP contribution in [0.3, 0.4) is 0 Å². The highest BCUT2D eigenvalue weighted by molar-refractivity contribution is 7.89. The fraction of sp³-hybridized carbons (Fsp3) is 0.533. The summed E-state index contributed by atoms with van der Waals surface area (Å²) in [6, 6.07) is 6.31. The van der Waals surface area contributed by atoms with E-state index in [1.165, 1.54) is 18.4 Å². The van der Waals surface area contributed by atoms with E-state index in [0.717, 1.165) is 24.9 Å². The van der Waals surface area contributed by atoms with Crippen LogP contribution in [0.1, 0.15) is 31.4 Å². The highest BCUT2D eigenvalue weighted by atomic mass is 32.2. The van der Waals surface area contributed by atoms with Crippen LogP contribution in [0.15, 0.2) is 29.2 Å². The van der Waals surface area contributed by atoms with Crippen molar-refractivity contribution in [2.24, 2.45) is 0 Å². The molecule has 6 nitrogen and oxygen atoms in total. The van der Waals surface area contributed by atoms with Gasteiger partial charge in [-0.15, -0.1) is 0 Å². The van der Waals surface area contributed by atoms with Crippen LogP contribution in [0.5, 0.6) is 0 Å². The molecule has 2 atom stereocenters. The largest absolute Gasteiger partial charge is 0.348 e. The van der Waals surface area contributed by atoms with Gasteiger partial charge in [-0.3, -0.25) is 4.79 Å². The van der Waals surface area contributed by atoms with Crippen LogP contribution in [-0.4, -0.2) is 45.3 Å². The SMILES string of the molecule is CC(NC(=O)C1CCCN1)c1cccc(S(=O)(=O)N(C)C)c1. The first-order valence-corrected chi connectivity index (χ1v) is 8.82. The summed E-state index contributed by atoms with van der Waals surface area (Å²) in [5.74, 6) is -0.0362. The molecule has 0 bridgehead atoms. The van der Waals surface area contributed by atoms with Gasteiger partial charge in [0.15, 0.2) is 0 Å². The smallest absolute Gasteiger partial charge is 0.242 e. The molecule has 2 rings (SSSR count). The van der Waals surface area contributed by atoms with E-state index in [0.29, 0.717) is 0 Å². The summed E-state index contributed by atoms with van der Waals surface area (Å²) in [6.45, 7) is 2.72. The predicted molar refractivity (Wildman–Crippen MR) is 84.9 cm³/mol. The summed E-state index contributed by atoms with van der Waals surface area (Å²) < 4.78 is 25.5. The number of carbonyl (C=O) groups excluding carboxylic acids is 1. The zero-order valence-corrected chi connectivity index (χ0v) is 14.0. The van der Waals surface area contributed by atoms with E-state index in [9.17, 15) is 13.2 Å². The van der Waals surface area contributed by atoms with Crippen molar-refractivity contribution >= 4 is 15.9 Å². The molecule has 1 heterocycles. The summed E-state index contributed by atoms with van der Waals surface area (Å²) in [7, 11) is -0.471. The molecule has 1 fully saturated rings. The van der Waals surface area contributed by atoms with Gasteiger partial charge in [-0.1, -0.05) is 12.1 Å². The molecule has 1 saturated heterocycles. The highest BCUT2D eigenvalue weighted by Gasteiger charge is 2.24. The molecule has 1 aromatic carbocycles. The lowest BCUT2D eigenvalue weighted by atomic mass is 10.1. The van der Waals surface area contributed by atoms with E-state index in [-0.39, 0.29) is 22.9 Å². The maximum atomic E-state index is 12.2. The number of nitrogens with zero attached hydrogens (tertiary/aromatic N) is 1. The van der Waals surface area contributed by atoms with Gasteiger partial charge in [0.1, 0.15) is 0 Å². The van der Waals surface area contributed by atoms with E-state index in [4.69, 9.17) is 0 Å². The summed E-state index contributed by atoms with van der Waals surface area (Å²) in [5, 5.41) is 6.09. The molecule has 122 valence electrons. The van der Waals surface area contributed by atoms with Crippen molar-refractivity contribution in [1.82, 2.24) is 14.9 Å². The van der Waals surface area contributed by atoms with E-state index in [1.807, 2.05) is 13.0 Å². The van der Waals surface area contributed by atoms with Crippen molar-refractivity contribution in [3.63, 3.8) is 0 Å². The van der Waals surface area contributed by atoms with Crippen molar-refractivity contribution in [3.8, 4) is 0 Å². The fourth-order valence-electron chi connectivity index (χ4n) is 2.46. The monoisotopic (exact) mass is 325 g/mol. The lowest BCUT2D eigenvalue weighted by Gasteiger charge is -2.19. The Morgan fingerprint density at radius 2 is 2.14 bits per heavy atom. The number of hydrogen-bond acceptors (Lipinski definition) is 4. The van der Waals surface area contributed by atoms with Crippen molar-refractivity contribution in [3.05, 3.63) is 29.8 Å². The Kier molecular flexibility index (Phi) is 5.20. The Morgan fingerprint density at radius 1 is 1.41 bits per heavy atom. The number of benzene rings is 1. The standard InChI is InChI=1S/C15H23N3O3S/c1-11(17-15(19)14-8-5-9-16-14)12-6-4-7-13(10-12)22(20,21)18(2)3/h4,6-7,10-11,14,16H,5,8-9H2,1-3H3,(H,17,19). The Labute approximate surface area is 131 Å². The molecular formula is C15H23N3O3S. The van der Waals surface area contributed by atoms with Crippen molar-refractivity contribution < 1.29 is 13.2 Å². The van der Waals surface area contributed by atoms with E-state index in [2.05, 4.69) is 10.6 Å². The number of amides is 1. The third-order valence-electron chi connectivity index (χ3n) is 3.87. The minimum atomic E-state index is -3.47. The number of rotatable bonds is 5. The molecule has 1 aromatic rings. The summed E-state index contributed by atoms with van der Waals surface area (Å²) in [4.78, 5) is 12.4. The zero-order chi connectivity index (χ0) is 16.3. The number of sulfonamides is 1. The maximum absolute atomic E-state index is 12.2. The first-order chi connectivity index (χ1) is 10.3. The minimum Gasteiger partial charge on any atom is -0.348 e. The zero-order valence-electron chi connectivity index (χ0n) is 13.2. The average molecular weight is 325 g/mol. The molecule has 1 aliphatic heterocycles. The average Bonchev–Trinajstić information content (AvgIpc) is 3.01. The second kappa shape index (κ2) is 6.76. The third-order valence-corrected chi connectivity index (χ3v) is 5.68. The highest BCUT2D eigenvalue weighted by Crippen LogP contribution is 2.20. The molecule has 0 radical (unpaired) electrons. The van der Waals surface area contributed by atoms with Crippen LogP contribution in [0.4, 0.5) is 0 Å². The van der Waals surface area contributed by atoms with Gasteiger partial charge in [0, 0.05) is 14.1 Å². The molecule has 0 aliphatic carbocycles. The lowest BCUT2D eigenvalue weighted by Crippen LogP contribution is -2.41. The van der Waals surface area contributed by atoms with Crippen LogP contribution in [-0.2, 0) is 14.8 Å². The topological polar surface area (TPSA) is 78.5 Å². The summed E-state index contributed by atoms with van der Waals surface area (Å²) in [6.07, 6.45) is 1.84. The molecule has 22 heavy (non-hydrogen) atoms.